The molecule has 0 saturated carbocycles. The predicted molar refractivity (Wildman–Crippen MR) is 45.5 cm³/mol. The van der Waals surface area contributed by atoms with Crippen molar-refractivity contribution in [1.82, 2.24) is 0 Å². The van der Waals surface area contributed by atoms with E-state index in [1.807, 2.05) is 0 Å². The molecule has 0 aromatic rings. The summed E-state index contributed by atoms with van der Waals surface area (Å²) in [5.74, 6) is 0. The minimum atomic E-state index is 0.495. The molecule has 1 aliphatic rings. The third-order valence-corrected chi connectivity index (χ3v) is 4.54. The van der Waals surface area contributed by atoms with Gasteiger partial charge in [0.05, 0.1) is 0 Å². The second kappa shape index (κ2) is 3.40. The van der Waals surface area contributed by atoms with Crippen LogP contribution in [0.15, 0.2) is 4.99 Å². The first-order chi connectivity index (χ1) is 4.77. The summed E-state index contributed by atoms with van der Waals surface area (Å²) in [5.41, 5.74) is 5.64. The molecule has 0 saturated heterocycles. The monoisotopic (exact) mass is 206 g/mol. The number of hydrogen-bond donors (Lipinski definition) is 1. The van der Waals surface area contributed by atoms with Crippen molar-refractivity contribution >= 4 is 19.7 Å². The van der Waals surface area contributed by atoms with Crippen LogP contribution >= 0.6 is 0 Å². The van der Waals surface area contributed by atoms with Gasteiger partial charge in [-0.15, -0.1) is 0 Å². The normalized spacial score (nSPS) is 32.4. The maximum absolute atomic E-state index is 5.64. The Morgan fingerprint density at radius 1 is 1.50 bits per heavy atom. The summed E-state index contributed by atoms with van der Waals surface area (Å²) in [7, 11) is 0. The van der Waals surface area contributed by atoms with E-state index in [1.54, 1.807) is 0 Å². The standard InChI is InChI=1S/C7H14N2Se/c1-3-5-6(4-2)10-7(8)9-5/h5-6H,3-4H2,1-2H3,(H2,8,9)/t5-,6-/m0/s1. The number of nitrogens with zero attached hydrogens (tertiary/aromatic N) is 1. The molecular formula is C7H14N2Se. The molecule has 0 unspecified atom stereocenters. The zero-order valence-corrected chi connectivity index (χ0v) is 8.21. The number of rotatable bonds is 2. The second-order valence-corrected chi connectivity index (χ2v) is 5.15. The average molecular weight is 205 g/mol. The topological polar surface area (TPSA) is 38.4 Å². The van der Waals surface area contributed by atoms with Gasteiger partial charge in [-0.25, -0.2) is 0 Å². The van der Waals surface area contributed by atoms with Crippen molar-refractivity contribution in [3.8, 4) is 0 Å². The van der Waals surface area contributed by atoms with Gasteiger partial charge in [0.2, 0.25) is 0 Å². The molecule has 0 aromatic heterocycles. The second-order valence-electron chi connectivity index (χ2n) is 2.51. The molecule has 1 aliphatic heterocycles. The van der Waals surface area contributed by atoms with Crippen molar-refractivity contribution in [2.45, 2.75) is 37.5 Å². The Balaban J connectivity index is 2.52. The summed E-state index contributed by atoms with van der Waals surface area (Å²) in [6.45, 7) is 4.41. The van der Waals surface area contributed by atoms with Gasteiger partial charge in [0, 0.05) is 0 Å². The first-order valence-electron chi connectivity index (χ1n) is 3.77. The van der Waals surface area contributed by atoms with Crippen LogP contribution in [0.25, 0.3) is 0 Å². The van der Waals surface area contributed by atoms with E-state index in [1.165, 1.54) is 6.42 Å². The quantitative estimate of drug-likeness (QED) is 0.671. The molecule has 3 heteroatoms. The summed E-state index contributed by atoms with van der Waals surface area (Å²) in [5, 5.41) is 0. The molecule has 0 bridgehead atoms. The Kier molecular flexibility index (Phi) is 2.75. The van der Waals surface area contributed by atoms with Gasteiger partial charge in [-0.1, -0.05) is 0 Å². The fraction of sp³-hybridized carbons (Fsp3) is 0.857. The molecule has 1 heterocycles. The molecule has 2 nitrogen and oxygen atoms in total. The van der Waals surface area contributed by atoms with Gasteiger partial charge in [0.25, 0.3) is 0 Å². The van der Waals surface area contributed by atoms with E-state index in [2.05, 4.69) is 18.8 Å². The number of nitrogens with two attached hydrogens (primary N) is 1. The van der Waals surface area contributed by atoms with Crippen molar-refractivity contribution in [3.05, 3.63) is 0 Å². The number of aliphatic imine (C=N–C) groups is 1. The fourth-order valence-electron chi connectivity index (χ4n) is 1.22. The van der Waals surface area contributed by atoms with E-state index in [4.69, 9.17) is 5.73 Å². The van der Waals surface area contributed by atoms with E-state index in [9.17, 15) is 0 Å². The molecule has 10 heavy (non-hydrogen) atoms. The molecule has 0 amide bonds. The Bertz CT molecular complexity index is 145. The first-order valence-corrected chi connectivity index (χ1v) is 5.62. The van der Waals surface area contributed by atoms with Crippen LogP contribution in [-0.4, -0.2) is 25.7 Å². The van der Waals surface area contributed by atoms with Gasteiger partial charge >= 0.3 is 68.0 Å². The van der Waals surface area contributed by atoms with Crippen LogP contribution in [0.2, 0.25) is 4.82 Å². The first kappa shape index (κ1) is 8.09. The Hall–Kier alpha value is -0.0105. The van der Waals surface area contributed by atoms with E-state index in [0.29, 0.717) is 21.0 Å². The molecule has 2 N–H and O–H groups in total. The van der Waals surface area contributed by atoms with Crippen LogP contribution in [-0.2, 0) is 0 Å². The maximum atomic E-state index is 5.64. The van der Waals surface area contributed by atoms with Gasteiger partial charge < -0.3 is 0 Å². The van der Waals surface area contributed by atoms with Crippen LogP contribution in [0.3, 0.4) is 0 Å². The molecule has 2 atom stereocenters. The molecule has 0 aliphatic carbocycles. The van der Waals surface area contributed by atoms with E-state index < -0.39 is 0 Å². The molecule has 1 rings (SSSR count). The number of hydrogen-bond acceptors (Lipinski definition) is 2. The zero-order valence-electron chi connectivity index (χ0n) is 6.50. The predicted octanol–water partition coefficient (Wildman–Crippen LogP) is 0.996. The summed E-state index contributed by atoms with van der Waals surface area (Å²) in [6.07, 6.45) is 2.39. The molecular weight excluding hydrogens is 191 g/mol. The summed E-state index contributed by atoms with van der Waals surface area (Å²) < 4.78 is 0.922. The van der Waals surface area contributed by atoms with Crippen LogP contribution < -0.4 is 5.73 Å². The summed E-state index contributed by atoms with van der Waals surface area (Å²) >= 11 is 0.495. The van der Waals surface area contributed by atoms with Crippen LogP contribution in [0.1, 0.15) is 26.7 Å². The van der Waals surface area contributed by atoms with Gasteiger partial charge in [-0.05, 0) is 0 Å². The summed E-state index contributed by atoms with van der Waals surface area (Å²) in [6, 6.07) is 0.546. The van der Waals surface area contributed by atoms with E-state index in [0.717, 1.165) is 16.0 Å². The van der Waals surface area contributed by atoms with Crippen molar-refractivity contribution in [2.75, 3.05) is 0 Å². The Labute approximate surface area is 68.4 Å². The molecule has 0 spiro atoms. The SMILES string of the molecule is CC[C@@H]1N=C(N)[Se][C@H]1CC. The Morgan fingerprint density at radius 2 is 2.20 bits per heavy atom. The molecule has 0 radical (unpaired) electrons. The van der Waals surface area contributed by atoms with Crippen LogP contribution in [0.4, 0.5) is 0 Å². The minimum absolute atomic E-state index is 0.495. The fourth-order valence-corrected chi connectivity index (χ4v) is 3.49. The van der Waals surface area contributed by atoms with Crippen LogP contribution in [0.5, 0.6) is 0 Å². The molecule has 0 fully saturated rings. The zero-order chi connectivity index (χ0) is 7.56. The van der Waals surface area contributed by atoms with Crippen molar-refractivity contribution in [2.24, 2.45) is 10.7 Å². The third-order valence-electron chi connectivity index (χ3n) is 1.81. The third kappa shape index (κ3) is 1.53. The van der Waals surface area contributed by atoms with Gasteiger partial charge in [-0.3, -0.25) is 0 Å². The van der Waals surface area contributed by atoms with Gasteiger partial charge in [0.1, 0.15) is 0 Å². The van der Waals surface area contributed by atoms with Crippen LogP contribution in [0, 0.1) is 0 Å². The van der Waals surface area contributed by atoms with E-state index in [-0.39, 0.29) is 0 Å². The Morgan fingerprint density at radius 3 is 2.60 bits per heavy atom. The van der Waals surface area contributed by atoms with Crippen molar-refractivity contribution < 1.29 is 0 Å². The van der Waals surface area contributed by atoms with Gasteiger partial charge in [0.15, 0.2) is 0 Å². The van der Waals surface area contributed by atoms with Crippen molar-refractivity contribution in [3.63, 3.8) is 0 Å². The molecule has 58 valence electrons. The van der Waals surface area contributed by atoms with Gasteiger partial charge in [-0.2, -0.15) is 0 Å². The summed E-state index contributed by atoms with van der Waals surface area (Å²) in [4.78, 5) is 5.17. The molecule has 0 aromatic carbocycles. The van der Waals surface area contributed by atoms with Crippen molar-refractivity contribution in [1.29, 1.82) is 0 Å². The number of amidine groups is 1. The average Bonchev–Trinajstić information content (AvgIpc) is 2.30. The van der Waals surface area contributed by atoms with E-state index >= 15 is 0 Å².